The molecule has 0 aliphatic heterocycles. The van der Waals surface area contributed by atoms with Crippen molar-refractivity contribution in [2.45, 2.75) is 32.9 Å². The fourth-order valence-corrected chi connectivity index (χ4v) is 1.85. The highest BCUT2D eigenvalue weighted by Gasteiger charge is 2.04. The van der Waals surface area contributed by atoms with Crippen LogP contribution in [-0.2, 0) is 13.0 Å². The molecule has 0 saturated carbocycles. The molecule has 1 atom stereocenters. The molecule has 3 heteroatoms. The van der Waals surface area contributed by atoms with Crippen LogP contribution < -0.4 is 5.32 Å². The molecule has 0 aliphatic carbocycles. The number of benzene rings is 1. The molecule has 1 unspecified atom stereocenters. The second-order valence-corrected chi connectivity index (χ2v) is 4.44. The first-order valence-electron chi connectivity index (χ1n) is 6.35. The third-order valence-corrected chi connectivity index (χ3v) is 3.11. The molecule has 1 aromatic heterocycles. The van der Waals surface area contributed by atoms with Gasteiger partial charge < -0.3 is 5.32 Å². The third-order valence-electron chi connectivity index (χ3n) is 3.11. The molecule has 1 heterocycles. The van der Waals surface area contributed by atoms with Crippen LogP contribution in [0.25, 0.3) is 0 Å². The molecule has 0 spiro atoms. The monoisotopic (exact) mass is 241 g/mol. The van der Waals surface area contributed by atoms with Gasteiger partial charge in [-0.1, -0.05) is 31.2 Å². The van der Waals surface area contributed by atoms with Crippen molar-refractivity contribution < 1.29 is 0 Å². The van der Waals surface area contributed by atoms with Gasteiger partial charge in [0, 0.05) is 30.5 Å². The van der Waals surface area contributed by atoms with Crippen LogP contribution in [0.1, 0.15) is 36.6 Å². The minimum atomic E-state index is 0.330. The Kier molecular flexibility index (Phi) is 4.42. The maximum atomic E-state index is 4.01. The lowest BCUT2D eigenvalue weighted by Crippen LogP contribution is -2.18. The van der Waals surface area contributed by atoms with E-state index >= 15 is 0 Å². The Labute approximate surface area is 108 Å². The lowest BCUT2D eigenvalue weighted by Gasteiger charge is -2.14. The minimum absolute atomic E-state index is 0.330. The number of hydrogen-bond donors (Lipinski definition) is 1. The van der Waals surface area contributed by atoms with Crippen LogP contribution in [0.3, 0.4) is 0 Å². The molecule has 0 fully saturated rings. The second kappa shape index (κ2) is 6.26. The van der Waals surface area contributed by atoms with Crippen molar-refractivity contribution in [3.63, 3.8) is 0 Å². The molecule has 1 aromatic carbocycles. The molecule has 0 saturated heterocycles. The van der Waals surface area contributed by atoms with Crippen molar-refractivity contribution in [3.8, 4) is 0 Å². The molecule has 94 valence electrons. The molecule has 0 amide bonds. The summed E-state index contributed by atoms with van der Waals surface area (Å²) in [6.07, 6.45) is 6.32. The molecular weight excluding hydrogens is 222 g/mol. The van der Waals surface area contributed by atoms with E-state index in [1.165, 1.54) is 11.1 Å². The Hall–Kier alpha value is -1.74. The summed E-state index contributed by atoms with van der Waals surface area (Å²) in [5.74, 6) is 0. The van der Waals surface area contributed by atoms with Gasteiger partial charge in [0.05, 0.1) is 0 Å². The lowest BCUT2D eigenvalue weighted by molar-refractivity contribution is 0.572. The van der Waals surface area contributed by atoms with Gasteiger partial charge in [-0.3, -0.25) is 0 Å². The Morgan fingerprint density at radius 2 is 1.72 bits per heavy atom. The summed E-state index contributed by atoms with van der Waals surface area (Å²) in [7, 11) is 0. The van der Waals surface area contributed by atoms with E-state index in [4.69, 9.17) is 0 Å². The molecule has 0 bridgehead atoms. The summed E-state index contributed by atoms with van der Waals surface area (Å²) >= 11 is 0. The second-order valence-electron chi connectivity index (χ2n) is 4.44. The summed E-state index contributed by atoms with van der Waals surface area (Å²) in [6, 6.07) is 9.10. The van der Waals surface area contributed by atoms with Crippen LogP contribution in [0, 0.1) is 0 Å². The number of aryl methyl sites for hydroxylation is 1. The van der Waals surface area contributed by atoms with Gasteiger partial charge in [-0.15, -0.1) is 0 Å². The van der Waals surface area contributed by atoms with E-state index in [0.717, 1.165) is 18.5 Å². The van der Waals surface area contributed by atoms with Gasteiger partial charge in [0.1, 0.15) is 6.33 Å². The van der Waals surface area contributed by atoms with Crippen molar-refractivity contribution >= 4 is 0 Å². The molecule has 3 nitrogen and oxygen atoms in total. The van der Waals surface area contributed by atoms with E-state index in [2.05, 4.69) is 53.4 Å². The van der Waals surface area contributed by atoms with Gasteiger partial charge in [0.2, 0.25) is 0 Å². The molecule has 2 rings (SSSR count). The topological polar surface area (TPSA) is 37.8 Å². The first-order valence-corrected chi connectivity index (χ1v) is 6.35. The fraction of sp³-hybridized carbons (Fsp3) is 0.333. The van der Waals surface area contributed by atoms with Crippen molar-refractivity contribution in [2.75, 3.05) is 0 Å². The predicted molar refractivity (Wildman–Crippen MR) is 73.1 cm³/mol. The summed E-state index contributed by atoms with van der Waals surface area (Å²) in [5.41, 5.74) is 3.79. The Morgan fingerprint density at radius 1 is 1.06 bits per heavy atom. The van der Waals surface area contributed by atoms with Crippen LogP contribution in [0.5, 0.6) is 0 Å². The molecule has 18 heavy (non-hydrogen) atoms. The van der Waals surface area contributed by atoms with E-state index in [-0.39, 0.29) is 0 Å². The molecular formula is C15H19N3. The molecule has 0 aliphatic rings. The zero-order valence-corrected chi connectivity index (χ0v) is 10.9. The average Bonchev–Trinajstić information content (AvgIpc) is 2.46. The molecule has 0 radical (unpaired) electrons. The van der Waals surface area contributed by atoms with Crippen LogP contribution >= 0.6 is 0 Å². The Bertz CT molecular complexity index is 465. The average molecular weight is 241 g/mol. The van der Waals surface area contributed by atoms with E-state index in [1.807, 2.05) is 12.4 Å². The van der Waals surface area contributed by atoms with E-state index < -0.39 is 0 Å². The number of hydrogen-bond acceptors (Lipinski definition) is 3. The van der Waals surface area contributed by atoms with Gasteiger partial charge in [-0.05, 0) is 24.5 Å². The zero-order valence-electron chi connectivity index (χ0n) is 10.9. The van der Waals surface area contributed by atoms with E-state index in [9.17, 15) is 0 Å². The first-order chi connectivity index (χ1) is 8.79. The minimum Gasteiger partial charge on any atom is -0.306 e. The van der Waals surface area contributed by atoms with Gasteiger partial charge >= 0.3 is 0 Å². The predicted octanol–water partition coefficient (Wildman–Crippen LogP) is 2.89. The van der Waals surface area contributed by atoms with Crippen molar-refractivity contribution in [2.24, 2.45) is 0 Å². The number of nitrogens with zero attached hydrogens (tertiary/aromatic N) is 2. The highest BCUT2D eigenvalue weighted by Crippen LogP contribution is 2.14. The first kappa shape index (κ1) is 12.7. The quantitative estimate of drug-likeness (QED) is 0.874. The van der Waals surface area contributed by atoms with Gasteiger partial charge in [0.15, 0.2) is 0 Å². The Morgan fingerprint density at radius 3 is 2.33 bits per heavy atom. The highest BCUT2D eigenvalue weighted by molar-refractivity contribution is 5.24. The number of nitrogens with one attached hydrogen (secondary N) is 1. The van der Waals surface area contributed by atoms with E-state index in [1.54, 1.807) is 6.33 Å². The van der Waals surface area contributed by atoms with E-state index in [0.29, 0.717) is 6.04 Å². The smallest absolute Gasteiger partial charge is 0.115 e. The highest BCUT2D eigenvalue weighted by atomic mass is 14.9. The normalized spacial score (nSPS) is 12.3. The van der Waals surface area contributed by atoms with Crippen molar-refractivity contribution in [1.29, 1.82) is 0 Å². The molecule has 2 aromatic rings. The molecule has 1 N–H and O–H groups in total. The third kappa shape index (κ3) is 3.37. The Balaban J connectivity index is 1.93. The van der Waals surface area contributed by atoms with Gasteiger partial charge in [0.25, 0.3) is 0 Å². The van der Waals surface area contributed by atoms with Crippen molar-refractivity contribution in [3.05, 3.63) is 59.7 Å². The summed E-state index contributed by atoms with van der Waals surface area (Å²) in [6.45, 7) is 5.13. The number of aromatic nitrogens is 2. The summed E-state index contributed by atoms with van der Waals surface area (Å²) in [4.78, 5) is 8.01. The standard InChI is InChI=1S/C15H19N3/c1-3-13-4-6-15(7-5-13)12(2)18-10-14-8-16-11-17-9-14/h4-9,11-12,18H,3,10H2,1-2H3. The SMILES string of the molecule is CCc1ccc(C(C)NCc2cncnc2)cc1. The van der Waals surface area contributed by atoms with Crippen LogP contribution in [-0.4, -0.2) is 9.97 Å². The fourth-order valence-electron chi connectivity index (χ4n) is 1.85. The largest absolute Gasteiger partial charge is 0.306 e. The van der Waals surface area contributed by atoms with Crippen LogP contribution in [0.2, 0.25) is 0 Å². The lowest BCUT2D eigenvalue weighted by atomic mass is 10.0. The summed E-state index contributed by atoms with van der Waals surface area (Å²) in [5, 5.41) is 3.47. The van der Waals surface area contributed by atoms with Crippen LogP contribution in [0.4, 0.5) is 0 Å². The number of rotatable bonds is 5. The van der Waals surface area contributed by atoms with Crippen molar-refractivity contribution in [1.82, 2.24) is 15.3 Å². The zero-order chi connectivity index (χ0) is 12.8. The van der Waals surface area contributed by atoms with Gasteiger partial charge in [-0.2, -0.15) is 0 Å². The van der Waals surface area contributed by atoms with Gasteiger partial charge in [-0.25, -0.2) is 9.97 Å². The van der Waals surface area contributed by atoms with Crippen LogP contribution in [0.15, 0.2) is 43.0 Å². The maximum Gasteiger partial charge on any atom is 0.115 e. The maximum absolute atomic E-state index is 4.01. The summed E-state index contributed by atoms with van der Waals surface area (Å²) < 4.78 is 0.